The Hall–Kier alpha value is -3.08. The molecule has 1 amide bonds. The number of para-hydroxylation sites is 1. The Balaban J connectivity index is 2.32. The minimum absolute atomic E-state index is 0.303. The predicted octanol–water partition coefficient (Wildman–Crippen LogP) is 4.29. The van der Waals surface area contributed by atoms with Gasteiger partial charge in [0.1, 0.15) is 5.69 Å². The molecule has 1 aromatic heterocycles. The zero-order valence-electron chi connectivity index (χ0n) is 14.6. The molecule has 0 unspecified atom stereocenters. The third kappa shape index (κ3) is 3.40. The number of carbonyl (C=O) groups is 1. The average Bonchev–Trinajstić information content (AvgIpc) is 2.95. The molecule has 0 fully saturated rings. The van der Waals surface area contributed by atoms with Gasteiger partial charge in [-0.1, -0.05) is 69.3 Å². The van der Waals surface area contributed by atoms with Crippen molar-refractivity contribution in [2.45, 2.75) is 26.2 Å². The lowest BCUT2D eigenvalue weighted by Gasteiger charge is -2.20. The van der Waals surface area contributed by atoms with Crippen LogP contribution in [-0.4, -0.2) is 15.9 Å². The highest BCUT2D eigenvalue weighted by molar-refractivity contribution is 5.73. The van der Waals surface area contributed by atoms with Gasteiger partial charge in [0, 0.05) is 11.1 Å². The van der Waals surface area contributed by atoms with E-state index >= 15 is 0 Å². The number of benzene rings is 2. The standard InChI is InChI=1S/C20H21N3O2/c1-20(2,3)16-17(14-10-6-4-7-11-14)22-23(18(16)25-19(21)24)15-12-8-5-9-13-15/h4-13H,1-3H3,(H2,21,24). The van der Waals surface area contributed by atoms with E-state index in [1.165, 1.54) is 0 Å². The van der Waals surface area contributed by atoms with Crippen LogP contribution in [0.5, 0.6) is 5.88 Å². The van der Waals surface area contributed by atoms with E-state index in [9.17, 15) is 4.79 Å². The van der Waals surface area contributed by atoms with Crippen molar-refractivity contribution in [1.82, 2.24) is 9.78 Å². The summed E-state index contributed by atoms with van der Waals surface area (Å²) in [4.78, 5) is 11.5. The van der Waals surface area contributed by atoms with E-state index in [1.54, 1.807) is 4.68 Å². The quantitative estimate of drug-likeness (QED) is 0.776. The van der Waals surface area contributed by atoms with Crippen LogP contribution in [0.1, 0.15) is 26.3 Å². The van der Waals surface area contributed by atoms with Crippen LogP contribution in [0.2, 0.25) is 0 Å². The summed E-state index contributed by atoms with van der Waals surface area (Å²) in [7, 11) is 0. The molecule has 5 heteroatoms. The van der Waals surface area contributed by atoms with E-state index in [4.69, 9.17) is 15.6 Å². The molecule has 3 rings (SSSR count). The number of nitrogens with two attached hydrogens (primary N) is 1. The molecule has 0 atom stereocenters. The fourth-order valence-electron chi connectivity index (χ4n) is 2.81. The highest BCUT2D eigenvalue weighted by atomic mass is 16.6. The van der Waals surface area contributed by atoms with Gasteiger partial charge in [-0.15, -0.1) is 0 Å². The van der Waals surface area contributed by atoms with E-state index in [0.717, 1.165) is 22.5 Å². The number of amides is 1. The minimum Gasteiger partial charge on any atom is -0.391 e. The van der Waals surface area contributed by atoms with Gasteiger partial charge in [-0.2, -0.15) is 9.78 Å². The first-order chi connectivity index (χ1) is 11.9. The van der Waals surface area contributed by atoms with Crippen molar-refractivity contribution in [3.8, 4) is 22.8 Å². The molecule has 0 spiro atoms. The van der Waals surface area contributed by atoms with Gasteiger partial charge in [-0.3, -0.25) is 0 Å². The van der Waals surface area contributed by atoms with E-state index in [0.29, 0.717) is 5.88 Å². The van der Waals surface area contributed by atoms with Crippen LogP contribution in [0, 0.1) is 0 Å². The van der Waals surface area contributed by atoms with Crippen LogP contribution < -0.4 is 10.5 Å². The average molecular weight is 335 g/mol. The second kappa shape index (κ2) is 6.43. The van der Waals surface area contributed by atoms with Gasteiger partial charge in [-0.05, 0) is 17.5 Å². The summed E-state index contributed by atoms with van der Waals surface area (Å²) in [6, 6.07) is 19.4. The number of carbonyl (C=O) groups excluding carboxylic acids is 1. The highest BCUT2D eigenvalue weighted by Crippen LogP contribution is 2.40. The second-order valence-corrected chi connectivity index (χ2v) is 6.81. The third-order valence-electron chi connectivity index (χ3n) is 3.84. The maximum Gasteiger partial charge on any atom is 0.411 e. The summed E-state index contributed by atoms with van der Waals surface area (Å²) in [5.74, 6) is 0.352. The molecule has 128 valence electrons. The maximum atomic E-state index is 11.5. The molecular formula is C20H21N3O2. The van der Waals surface area contributed by atoms with Crippen molar-refractivity contribution in [1.29, 1.82) is 0 Å². The lowest BCUT2D eigenvalue weighted by molar-refractivity contribution is 0.206. The van der Waals surface area contributed by atoms with E-state index in [2.05, 4.69) is 20.8 Å². The fourth-order valence-corrected chi connectivity index (χ4v) is 2.81. The minimum atomic E-state index is -0.859. The molecule has 2 N–H and O–H groups in total. The molecule has 3 aromatic rings. The second-order valence-electron chi connectivity index (χ2n) is 6.81. The molecule has 5 nitrogen and oxygen atoms in total. The van der Waals surface area contributed by atoms with Gasteiger partial charge in [0.15, 0.2) is 0 Å². The Morgan fingerprint density at radius 2 is 1.56 bits per heavy atom. The molecule has 0 bridgehead atoms. The van der Waals surface area contributed by atoms with Crippen molar-refractivity contribution in [2.24, 2.45) is 5.73 Å². The van der Waals surface area contributed by atoms with Crippen molar-refractivity contribution >= 4 is 6.09 Å². The van der Waals surface area contributed by atoms with E-state index in [-0.39, 0.29) is 5.41 Å². The van der Waals surface area contributed by atoms with Crippen LogP contribution >= 0.6 is 0 Å². The van der Waals surface area contributed by atoms with Crippen molar-refractivity contribution < 1.29 is 9.53 Å². The van der Waals surface area contributed by atoms with Gasteiger partial charge >= 0.3 is 6.09 Å². The molecule has 2 aromatic carbocycles. The molecule has 0 saturated heterocycles. The maximum absolute atomic E-state index is 11.5. The number of ether oxygens (including phenoxy) is 1. The molecular weight excluding hydrogens is 314 g/mol. The van der Waals surface area contributed by atoms with E-state index in [1.807, 2.05) is 60.7 Å². The number of aromatic nitrogens is 2. The SMILES string of the molecule is CC(C)(C)c1c(-c2ccccc2)nn(-c2ccccc2)c1OC(N)=O. The zero-order chi connectivity index (χ0) is 18.0. The predicted molar refractivity (Wildman–Crippen MR) is 97.9 cm³/mol. The van der Waals surface area contributed by atoms with Crippen LogP contribution in [0.3, 0.4) is 0 Å². The molecule has 0 aliphatic carbocycles. The summed E-state index contributed by atoms with van der Waals surface area (Å²) in [6.45, 7) is 6.17. The number of rotatable bonds is 3. The van der Waals surface area contributed by atoms with Gasteiger partial charge in [0.25, 0.3) is 0 Å². The first kappa shape index (κ1) is 16.8. The molecule has 0 aliphatic rings. The summed E-state index contributed by atoms with van der Waals surface area (Å²) in [6.07, 6.45) is -0.859. The van der Waals surface area contributed by atoms with Gasteiger partial charge in [0.05, 0.1) is 5.69 Å². The Morgan fingerprint density at radius 1 is 1.00 bits per heavy atom. The van der Waals surface area contributed by atoms with Crippen LogP contribution in [0.25, 0.3) is 16.9 Å². The van der Waals surface area contributed by atoms with Crippen LogP contribution in [0.15, 0.2) is 60.7 Å². The van der Waals surface area contributed by atoms with Crippen LogP contribution in [0.4, 0.5) is 4.79 Å². The number of hydrogen-bond acceptors (Lipinski definition) is 3. The van der Waals surface area contributed by atoms with E-state index < -0.39 is 6.09 Å². The monoisotopic (exact) mass is 335 g/mol. The molecule has 1 heterocycles. The summed E-state index contributed by atoms with van der Waals surface area (Å²) >= 11 is 0. The molecule has 0 saturated carbocycles. The Bertz CT molecular complexity index is 879. The number of nitrogens with zero attached hydrogens (tertiary/aromatic N) is 2. The summed E-state index contributed by atoms with van der Waals surface area (Å²) in [5.41, 5.74) is 8.39. The van der Waals surface area contributed by atoms with Crippen molar-refractivity contribution in [2.75, 3.05) is 0 Å². The lowest BCUT2D eigenvalue weighted by atomic mass is 9.85. The van der Waals surface area contributed by atoms with Gasteiger partial charge in [0.2, 0.25) is 5.88 Å². The summed E-state index contributed by atoms with van der Waals surface area (Å²) < 4.78 is 7.03. The smallest absolute Gasteiger partial charge is 0.391 e. The highest BCUT2D eigenvalue weighted by Gasteiger charge is 2.31. The first-order valence-electron chi connectivity index (χ1n) is 8.09. The van der Waals surface area contributed by atoms with Crippen LogP contribution in [-0.2, 0) is 5.41 Å². The van der Waals surface area contributed by atoms with Crippen molar-refractivity contribution in [3.63, 3.8) is 0 Å². The van der Waals surface area contributed by atoms with Crippen molar-refractivity contribution in [3.05, 3.63) is 66.2 Å². The Labute approximate surface area is 147 Å². The van der Waals surface area contributed by atoms with Gasteiger partial charge < -0.3 is 10.5 Å². The Morgan fingerprint density at radius 3 is 2.08 bits per heavy atom. The number of primary amides is 1. The third-order valence-corrected chi connectivity index (χ3v) is 3.84. The lowest BCUT2D eigenvalue weighted by Crippen LogP contribution is -2.21. The molecule has 0 aliphatic heterocycles. The van der Waals surface area contributed by atoms with Gasteiger partial charge in [-0.25, -0.2) is 4.79 Å². The normalized spacial score (nSPS) is 11.3. The molecule has 25 heavy (non-hydrogen) atoms. The molecule has 0 radical (unpaired) electrons. The number of hydrogen-bond donors (Lipinski definition) is 1. The fraction of sp³-hybridized carbons (Fsp3) is 0.200. The zero-order valence-corrected chi connectivity index (χ0v) is 14.6. The first-order valence-corrected chi connectivity index (χ1v) is 8.09. The Kier molecular flexibility index (Phi) is 4.31. The largest absolute Gasteiger partial charge is 0.411 e. The summed E-state index contributed by atoms with van der Waals surface area (Å²) in [5, 5.41) is 4.75. The topological polar surface area (TPSA) is 70.1 Å².